The van der Waals surface area contributed by atoms with Gasteiger partial charge in [-0.3, -0.25) is 4.79 Å². The van der Waals surface area contributed by atoms with Gasteiger partial charge in [0.15, 0.2) is 5.96 Å². The average Bonchev–Trinajstić information content (AvgIpc) is 2.56. The fraction of sp³-hybridized carbons (Fsp3) is 0.529. The molecule has 26 heavy (non-hydrogen) atoms. The van der Waals surface area contributed by atoms with Gasteiger partial charge in [-0.15, -0.1) is 24.0 Å². The maximum Gasteiger partial charge on any atom is 0.416 e. The molecule has 0 unspecified atom stereocenters. The van der Waals surface area contributed by atoms with E-state index < -0.39 is 11.7 Å². The van der Waals surface area contributed by atoms with Crippen LogP contribution in [0.4, 0.5) is 13.2 Å². The summed E-state index contributed by atoms with van der Waals surface area (Å²) in [6.07, 6.45) is -3.49. The molecule has 0 aliphatic heterocycles. The number of esters is 1. The molecule has 2 N–H and O–H groups in total. The van der Waals surface area contributed by atoms with Crippen LogP contribution in [0.15, 0.2) is 29.3 Å². The summed E-state index contributed by atoms with van der Waals surface area (Å²) < 4.78 is 43.0. The summed E-state index contributed by atoms with van der Waals surface area (Å²) in [7, 11) is 0. The van der Waals surface area contributed by atoms with Crippen molar-refractivity contribution in [1.29, 1.82) is 0 Å². The lowest BCUT2D eigenvalue weighted by Crippen LogP contribution is -2.37. The lowest BCUT2D eigenvalue weighted by atomic mass is 10.1. The van der Waals surface area contributed by atoms with Crippen molar-refractivity contribution in [1.82, 2.24) is 10.6 Å². The summed E-state index contributed by atoms with van der Waals surface area (Å²) in [4.78, 5) is 15.5. The number of benzene rings is 1. The number of guanidine groups is 1. The van der Waals surface area contributed by atoms with Crippen molar-refractivity contribution >= 4 is 35.9 Å². The van der Waals surface area contributed by atoms with Gasteiger partial charge in [0.2, 0.25) is 0 Å². The second-order valence-corrected chi connectivity index (χ2v) is 5.23. The number of nitrogens with zero attached hydrogens (tertiary/aromatic N) is 1. The molecule has 5 nitrogen and oxygen atoms in total. The van der Waals surface area contributed by atoms with Crippen molar-refractivity contribution in [2.45, 2.75) is 39.4 Å². The Morgan fingerprint density at radius 3 is 2.58 bits per heavy atom. The van der Waals surface area contributed by atoms with Gasteiger partial charge >= 0.3 is 12.1 Å². The highest BCUT2D eigenvalue weighted by Crippen LogP contribution is 2.29. The third-order valence-corrected chi connectivity index (χ3v) is 3.17. The number of rotatable bonds is 8. The van der Waals surface area contributed by atoms with Crippen molar-refractivity contribution in [2.24, 2.45) is 4.99 Å². The van der Waals surface area contributed by atoms with Gasteiger partial charge in [0, 0.05) is 19.5 Å². The monoisotopic (exact) mass is 487 g/mol. The van der Waals surface area contributed by atoms with Gasteiger partial charge in [-0.25, -0.2) is 4.99 Å². The van der Waals surface area contributed by atoms with Crippen LogP contribution in [0.2, 0.25) is 0 Å². The Morgan fingerprint density at radius 1 is 1.23 bits per heavy atom. The number of hydrogen-bond donors (Lipinski definition) is 2. The van der Waals surface area contributed by atoms with Crippen LogP contribution in [0, 0.1) is 0 Å². The molecule has 0 saturated heterocycles. The van der Waals surface area contributed by atoms with E-state index in [1.54, 1.807) is 13.0 Å². The Kier molecular flexibility index (Phi) is 12.0. The van der Waals surface area contributed by atoms with E-state index >= 15 is 0 Å². The zero-order valence-electron chi connectivity index (χ0n) is 14.9. The summed E-state index contributed by atoms with van der Waals surface area (Å²) in [5, 5.41) is 6.05. The normalized spacial score (nSPS) is 11.5. The van der Waals surface area contributed by atoms with Gasteiger partial charge < -0.3 is 15.4 Å². The minimum Gasteiger partial charge on any atom is -0.466 e. The summed E-state index contributed by atoms with van der Waals surface area (Å²) in [6.45, 7) is 5.24. The zero-order valence-corrected chi connectivity index (χ0v) is 17.2. The molecule has 0 heterocycles. The van der Waals surface area contributed by atoms with Gasteiger partial charge in [-0.05, 0) is 38.0 Å². The van der Waals surface area contributed by atoms with E-state index in [0.29, 0.717) is 44.1 Å². The Balaban J connectivity index is 0.00000625. The molecular formula is C17H25F3IN3O2. The highest BCUT2D eigenvalue weighted by atomic mass is 127. The van der Waals surface area contributed by atoms with Crippen LogP contribution in [0.25, 0.3) is 0 Å². The molecule has 1 aromatic rings. The van der Waals surface area contributed by atoms with E-state index in [-0.39, 0.29) is 36.5 Å². The molecule has 0 amide bonds. The number of nitrogens with one attached hydrogen (secondary N) is 2. The molecule has 0 aliphatic carbocycles. The molecule has 0 fully saturated rings. The standard InChI is InChI=1S/C17H24F3N3O2.HI/c1-3-21-16(22-10-6-9-15(24)25-4-2)23-12-13-7-5-8-14(11-13)17(18,19)20;/h5,7-8,11H,3-4,6,9-10,12H2,1-2H3,(H2,21,22,23);1H. The van der Waals surface area contributed by atoms with Gasteiger partial charge in [0.1, 0.15) is 0 Å². The molecule has 0 spiro atoms. The SMILES string of the molecule is CCNC(=NCc1cccc(C(F)(F)F)c1)NCCCC(=O)OCC.I. The Morgan fingerprint density at radius 2 is 1.96 bits per heavy atom. The Labute approximate surface area is 168 Å². The van der Waals surface area contributed by atoms with Crippen LogP contribution in [-0.2, 0) is 22.3 Å². The minimum atomic E-state index is -4.37. The smallest absolute Gasteiger partial charge is 0.416 e. The van der Waals surface area contributed by atoms with Gasteiger partial charge in [-0.1, -0.05) is 12.1 Å². The van der Waals surface area contributed by atoms with Crippen LogP contribution in [0.1, 0.15) is 37.8 Å². The second-order valence-electron chi connectivity index (χ2n) is 5.23. The minimum absolute atomic E-state index is 0. The fourth-order valence-corrected chi connectivity index (χ4v) is 2.03. The molecule has 0 aromatic heterocycles. The van der Waals surface area contributed by atoms with E-state index in [2.05, 4.69) is 15.6 Å². The molecule has 0 saturated carbocycles. The van der Waals surface area contributed by atoms with Crippen LogP contribution >= 0.6 is 24.0 Å². The highest BCUT2D eigenvalue weighted by Gasteiger charge is 2.30. The van der Waals surface area contributed by atoms with Gasteiger partial charge in [-0.2, -0.15) is 13.2 Å². The number of ether oxygens (including phenoxy) is 1. The van der Waals surface area contributed by atoms with Crippen LogP contribution in [0.5, 0.6) is 0 Å². The van der Waals surface area contributed by atoms with Gasteiger partial charge in [0.25, 0.3) is 0 Å². The third-order valence-electron chi connectivity index (χ3n) is 3.17. The van der Waals surface area contributed by atoms with E-state index in [0.717, 1.165) is 12.1 Å². The molecule has 1 aromatic carbocycles. The van der Waals surface area contributed by atoms with Crippen molar-refractivity contribution < 1.29 is 22.7 Å². The molecule has 0 bridgehead atoms. The first-order valence-electron chi connectivity index (χ1n) is 8.20. The highest BCUT2D eigenvalue weighted by molar-refractivity contribution is 14.0. The second kappa shape index (κ2) is 12.8. The van der Waals surface area contributed by atoms with E-state index in [1.807, 2.05) is 6.92 Å². The molecule has 0 radical (unpaired) electrons. The molecule has 1 rings (SSSR count). The maximum atomic E-state index is 12.7. The Hall–Kier alpha value is -1.52. The van der Waals surface area contributed by atoms with E-state index in [9.17, 15) is 18.0 Å². The van der Waals surface area contributed by atoms with Crippen molar-refractivity contribution in [2.75, 3.05) is 19.7 Å². The van der Waals surface area contributed by atoms with Crippen molar-refractivity contribution in [3.63, 3.8) is 0 Å². The number of carbonyl (C=O) groups excluding carboxylic acids is 1. The zero-order chi connectivity index (χ0) is 18.7. The summed E-state index contributed by atoms with van der Waals surface area (Å²) >= 11 is 0. The molecule has 0 aliphatic rings. The predicted octanol–water partition coefficient (Wildman–Crippen LogP) is 3.72. The summed E-state index contributed by atoms with van der Waals surface area (Å²) in [5.41, 5.74) is -0.217. The lowest BCUT2D eigenvalue weighted by Gasteiger charge is -2.12. The number of carbonyl (C=O) groups is 1. The number of halogens is 4. The van der Waals surface area contributed by atoms with Crippen LogP contribution in [0.3, 0.4) is 0 Å². The number of hydrogen-bond acceptors (Lipinski definition) is 3. The van der Waals surface area contributed by atoms with Crippen LogP contribution in [-0.4, -0.2) is 31.6 Å². The quantitative estimate of drug-likeness (QED) is 0.193. The Bertz CT molecular complexity index is 581. The topological polar surface area (TPSA) is 62.7 Å². The summed E-state index contributed by atoms with van der Waals surface area (Å²) in [5.74, 6) is 0.235. The fourth-order valence-electron chi connectivity index (χ4n) is 2.03. The first kappa shape index (κ1) is 24.5. The largest absolute Gasteiger partial charge is 0.466 e. The number of aliphatic imine (C=N–C) groups is 1. The van der Waals surface area contributed by atoms with Crippen LogP contribution < -0.4 is 10.6 Å². The van der Waals surface area contributed by atoms with Crippen molar-refractivity contribution in [3.8, 4) is 0 Å². The van der Waals surface area contributed by atoms with E-state index in [4.69, 9.17) is 4.74 Å². The molecule has 0 atom stereocenters. The lowest BCUT2D eigenvalue weighted by molar-refractivity contribution is -0.143. The molecule has 9 heteroatoms. The van der Waals surface area contributed by atoms with Gasteiger partial charge in [0.05, 0.1) is 18.7 Å². The molecular weight excluding hydrogens is 462 g/mol. The average molecular weight is 487 g/mol. The summed E-state index contributed by atoms with van der Waals surface area (Å²) in [6, 6.07) is 5.09. The number of alkyl halides is 3. The molecule has 148 valence electrons. The predicted molar refractivity (Wildman–Crippen MR) is 106 cm³/mol. The first-order valence-corrected chi connectivity index (χ1v) is 8.20. The van der Waals surface area contributed by atoms with E-state index in [1.165, 1.54) is 6.07 Å². The van der Waals surface area contributed by atoms with Crippen molar-refractivity contribution in [3.05, 3.63) is 35.4 Å². The first-order chi connectivity index (χ1) is 11.9. The third kappa shape index (κ3) is 9.83. The maximum absolute atomic E-state index is 12.7.